The Labute approximate surface area is 469 Å². The molecule has 22 heteroatoms. The number of nitrogens with zero attached hydrogens (tertiary/aromatic N) is 7. The van der Waals surface area contributed by atoms with E-state index in [0.29, 0.717) is 42.7 Å². The van der Waals surface area contributed by atoms with Gasteiger partial charge in [0.1, 0.15) is 31.1 Å². The highest BCUT2D eigenvalue weighted by atomic mass is 32.1. The summed E-state index contributed by atoms with van der Waals surface area (Å²) in [5.74, 6) is -1.06. The molecule has 80 heavy (non-hydrogen) atoms. The molecule has 2 saturated heterocycles. The number of carbonyl (C=O) groups excluding carboxylic acids is 5. The lowest BCUT2D eigenvalue weighted by Gasteiger charge is -2.35. The van der Waals surface area contributed by atoms with Gasteiger partial charge >= 0.3 is 0 Å². The molecule has 21 nitrogen and oxygen atoms in total. The van der Waals surface area contributed by atoms with Crippen molar-refractivity contribution >= 4 is 57.6 Å². The number of H-pyrrole nitrogens is 1. The smallest absolute Gasteiger partial charge is 0.253 e. The van der Waals surface area contributed by atoms with Gasteiger partial charge in [0.25, 0.3) is 11.5 Å². The molecule has 0 spiro atoms. The summed E-state index contributed by atoms with van der Waals surface area (Å²) in [6.45, 7) is 17.8. The zero-order chi connectivity index (χ0) is 57.3. The van der Waals surface area contributed by atoms with Gasteiger partial charge in [-0.3, -0.25) is 33.4 Å². The molecule has 2 aliphatic heterocycles. The van der Waals surface area contributed by atoms with Gasteiger partial charge in [-0.2, -0.15) is 5.10 Å². The molecule has 6 heterocycles. The molecule has 0 saturated carbocycles. The quantitative estimate of drug-likeness (QED) is 0.0570. The zero-order valence-corrected chi connectivity index (χ0v) is 47.6. The van der Waals surface area contributed by atoms with E-state index in [1.165, 1.54) is 4.90 Å². The molecule has 2 aliphatic rings. The number of pyridine rings is 2. The van der Waals surface area contributed by atoms with E-state index in [1.807, 2.05) is 115 Å². The molecule has 426 valence electrons. The maximum absolute atomic E-state index is 14.0. The van der Waals surface area contributed by atoms with E-state index in [-0.39, 0.29) is 95.0 Å². The number of thiazole rings is 1. The number of aliphatic hydroxyl groups is 1. The number of aryl methyl sites for hydroxylation is 3. The summed E-state index contributed by atoms with van der Waals surface area (Å²) in [7, 11) is 0. The lowest BCUT2D eigenvalue weighted by Crippen LogP contribution is -2.58. The normalized spacial score (nSPS) is 16.1. The number of anilines is 1. The predicted octanol–water partition coefficient (Wildman–Crippen LogP) is 4.85. The van der Waals surface area contributed by atoms with E-state index < -0.39 is 35.4 Å². The summed E-state index contributed by atoms with van der Waals surface area (Å²) >= 11 is 1.56. The number of rotatable bonds is 22. The average molecular weight is 1120 g/mol. The van der Waals surface area contributed by atoms with Gasteiger partial charge in [-0.05, 0) is 92.6 Å². The van der Waals surface area contributed by atoms with Gasteiger partial charge in [-0.15, -0.1) is 11.3 Å². The topological polar surface area (TPSA) is 256 Å². The molecular formula is C58H73N11O10S. The fraction of sp³-hybridized carbons (Fsp3) is 0.466. The van der Waals surface area contributed by atoms with Crippen molar-refractivity contribution in [2.24, 2.45) is 5.41 Å². The number of β-amino-alcohol motifs (C(OH)–C–C–N with tert-alkyl or cyclic N) is 1. The minimum absolute atomic E-state index is 0.0379. The van der Waals surface area contributed by atoms with Crippen LogP contribution in [0.2, 0.25) is 0 Å². The van der Waals surface area contributed by atoms with Gasteiger partial charge in [-0.25, -0.2) is 9.97 Å². The molecule has 2 aromatic carbocycles. The van der Waals surface area contributed by atoms with Gasteiger partial charge in [-0.1, -0.05) is 45.0 Å². The monoisotopic (exact) mass is 1120 g/mol. The van der Waals surface area contributed by atoms with Gasteiger partial charge in [0.2, 0.25) is 23.6 Å². The van der Waals surface area contributed by atoms with Crippen molar-refractivity contribution in [1.29, 1.82) is 0 Å². The number of aromatic amines is 1. The molecule has 3 atom stereocenters. The Morgan fingerprint density at radius 3 is 2.17 bits per heavy atom. The molecule has 0 unspecified atom stereocenters. The summed E-state index contributed by atoms with van der Waals surface area (Å²) in [4.78, 5) is 98.2. The number of fused-ring (bicyclic) bond motifs is 1. The van der Waals surface area contributed by atoms with Crippen LogP contribution in [0, 0.1) is 26.2 Å². The van der Waals surface area contributed by atoms with E-state index in [0.717, 1.165) is 55.4 Å². The van der Waals surface area contributed by atoms with Crippen LogP contribution in [-0.2, 0) is 46.5 Å². The van der Waals surface area contributed by atoms with Crippen LogP contribution in [0.5, 0.6) is 0 Å². The van der Waals surface area contributed by atoms with Gasteiger partial charge in [0.15, 0.2) is 0 Å². The van der Waals surface area contributed by atoms with Crippen LogP contribution in [0.4, 0.5) is 5.82 Å². The Morgan fingerprint density at radius 1 is 0.825 bits per heavy atom. The third-order valence-corrected chi connectivity index (χ3v) is 15.3. The summed E-state index contributed by atoms with van der Waals surface area (Å²) in [5.41, 5.74) is 8.63. The number of carbonyl (C=O) groups is 5. The number of hydrogen-bond acceptors (Lipinski definition) is 15. The number of ether oxygens (including phenoxy) is 3. The number of piperazine rings is 1. The molecule has 5 amide bonds. The van der Waals surface area contributed by atoms with E-state index in [4.69, 9.17) is 19.2 Å². The minimum Gasteiger partial charge on any atom is -0.391 e. The lowest BCUT2D eigenvalue weighted by atomic mass is 9.85. The molecular weight excluding hydrogens is 1040 g/mol. The number of aromatic nitrogens is 5. The van der Waals surface area contributed by atoms with E-state index in [1.54, 1.807) is 34.1 Å². The first-order valence-electron chi connectivity index (χ1n) is 27.0. The maximum Gasteiger partial charge on any atom is 0.253 e. The second kappa shape index (κ2) is 26.3. The van der Waals surface area contributed by atoms with Crippen LogP contribution in [-0.4, -0.2) is 160 Å². The van der Waals surface area contributed by atoms with Crippen LogP contribution in [0.3, 0.4) is 0 Å². The van der Waals surface area contributed by atoms with E-state index in [2.05, 4.69) is 35.9 Å². The number of nitrogens with one attached hydrogen (secondary N) is 4. The van der Waals surface area contributed by atoms with Crippen LogP contribution in [0.25, 0.3) is 32.5 Å². The predicted molar refractivity (Wildman–Crippen MR) is 304 cm³/mol. The molecule has 4 aromatic heterocycles. The van der Waals surface area contributed by atoms with E-state index in [9.17, 15) is 33.9 Å². The zero-order valence-electron chi connectivity index (χ0n) is 46.8. The Bertz CT molecular complexity index is 3210. The third-order valence-electron chi connectivity index (χ3n) is 14.3. The summed E-state index contributed by atoms with van der Waals surface area (Å²) in [6, 6.07) is 15.6. The average Bonchev–Trinajstić information content (AvgIpc) is 4.25. The Morgan fingerprint density at radius 2 is 1.52 bits per heavy atom. The number of likely N-dealkylation sites (tertiary alicyclic amines) is 1. The SMILES string of the molecule is Cc1cc(C)c(CNC(=O)c2cc(-c3ccc(N4CCN(C(=O)COCCOCCOCC(=O)N[C@H](C(=O)N5C[C@H](O)C[C@H]5C(=O)NCc5ccc(-c6scnc6C)cc5)C(C)(C)C)CC4)nc3)cc3c2cnn3C(C)C)c(=O)[nH]1. The summed E-state index contributed by atoms with van der Waals surface area (Å²) in [6.07, 6.45) is 2.67. The van der Waals surface area contributed by atoms with Crippen molar-refractivity contribution in [1.82, 2.24) is 50.5 Å². The number of aliphatic hydroxyl groups excluding tert-OH is 1. The van der Waals surface area contributed by atoms with Gasteiger partial charge in [0.05, 0.1) is 65.9 Å². The first kappa shape index (κ1) is 58.8. The maximum atomic E-state index is 14.0. The highest BCUT2D eigenvalue weighted by Crippen LogP contribution is 2.32. The molecule has 0 bridgehead atoms. The van der Waals surface area contributed by atoms with Crippen molar-refractivity contribution in [3.8, 4) is 21.6 Å². The number of benzene rings is 2. The number of hydrogen-bond donors (Lipinski definition) is 5. The highest BCUT2D eigenvalue weighted by Gasteiger charge is 2.44. The molecule has 0 radical (unpaired) electrons. The van der Waals surface area contributed by atoms with Crippen molar-refractivity contribution < 1.29 is 43.3 Å². The van der Waals surface area contributed by atoms with Gasteiger partial charge < -0.3 is 55.0 Å². The first-order valence-corrected chi connectivity index (χ1v) is 27.9. The minimum atomic E-state index is -0.998. The van der Waals surface area contributed by atoms with Crippen LogP contribution in [0.1, 0.15) is 85.5 Å². The first-order chi connectivity index (χ1) is 38.2. The Balaban J connectivity index is 0.722. The fourth-order valence-electron chi connectivity index (χ4n) is 9.94. The van der Waals surface area contributed by atoms with Crippen molar-refractivity contribution in [3.05, 3.63) is 116 Å². The fourth-order valence-corrected chi connectivity index (χ4v) is 10.8. The van der Waals surface area contributed by atoms with Crippen molar-refractivity contribution in [2.75, 3.05) is 77.3 Å². The van der Waals surface area contributed by atoms with Gasteiger partial charge in [0, 0.05) is 86.7 Å². The third kappa shape index (κ3) is 14.5. The molecule has 0 aliphatic carbocycles. The Kier molecular flexibility index (Phi) is 19.3. The van der Waals surface area contributed by atoms with Crippen LogP contribution in [0.15, 0.2) is 77.3 Å². The number of amides is 5. The molecule has 6 aromatic rings. The highest BCUT2D eigenvalue weighted by molar-refractivity contribution is 7.13. The van der Waals surface area contributed by atoms with Crippen molar-refractivity contribution in [3.63, 3.8) is 0 Å². The second-order valence-corrected chi connectivity index (χ2v) is 22.6. The standard InChI is InChI=1S/C58H73N11O10S/c1-35(2)69-47-25-42(24-44(46(47)30-63-69)54(73)61-29-45-36(3)23-37(4)64-55(45)74)41-13-14-49(59-28-41)66-15-17-67(18-16-66)51(72)33-79-22-20-77-19-21-78-32-50(71)65-53(58(6,7)8)57(76)68-31-43(70)26-48(68)56(75)60-27-39-9-11-40(12-10-39)52-38(5)62-34-80-52/h9-14,23-25,28,30,34-35,43,48,53,70H,15-22,26-27,29,31-33H2,1-8H3,(H,60,75)(H,61,73)(H,64,74)(H,65,71)/t43-,48+,53-/m1/s1. The summed E-state index contributed by atoms with van der Waals surface area (Å²) in [5, 5.41) is 24.5. The lowest BCUT2D eigenvalue weighted by molar-refractivity contribution is -0.144. The van der Waals surface area contributed by atoms with Crippen molar-refractivity contribution in [2.45, 2.75) is 99.1 Å². The largest absolute Gasteiger partial charge is 0.391 e. The molecule has 8 rings (SSSR count). The molecule has 2 fully saturated rings. The summed E-state index contributed by atoms with van der Waals surface area (Å²) < 4.78 is 18.7. The second-order valence-electron chi connectivity index (χ2n) is 21.7. The van der Waals surface area contributed by atoms with Crippen LogP contribution < -0.4 is 26.4 Å². The Hall–Kier alpha value is -7.37. The van der Waals surface area contributed by atoms with E-state index >= 15 is 0 Å². The molecule has 5 N–H and O–H groups in total. The van der Waals surface area contributed by atoms with Crippen LogP contribution >= 0.6 is 11.3 Å².